The van der Waals surface area contributed by atoms with Crippen LogP contribution in [0.15, 0.2) is 24.4 Å². The van der Waals surface area contributed by atoms with Crippen LogP contribution in [0.3, 0.4) is 0 Å². The lowest BCUT2D eigenvalue weighted by Gasteiger charge is -2.14. The number of carboxylic acids is 1. The summed E-state index contributed by atoms with van der Waals surface area (Å²) in [5, 5.41) is 18.8. The molecule has 0 saturated carbocycles. The van der Waals surface area contributed by atoms with Gasteiger partial charge in [-0.3, -0.25) is 9.59 Å². The number of aliphatic carboxylic acids is 1. The second-order valence-corrected chi connectivity index (χ2v) is 6.65. The van der Waals surface area contributed by atoms with Gasteiger partial charge in [0.05, 0.1) is 6.20 Å². The molecule has 0 atom stereocenters. The van der Waals surface area contributed by atoms with Crippen LogP contribution in [-0.2, 0) is 24.2 Å². The predicted octanol–water partition coefficient (Wildman–Crippen LogP) is 1.74. The third kappa shape index (κ3) is 3.39. The molecular formula is C16H18N4O3. The molecule has 0 spiro atoms. The van der Waals surface area contributed by atoms with E-state index < -0.39 is 11.9 Å². The summed E-state index contributed by atoms with van der Waals surface area (Å²) in [6.07, 6.45) is 3.35. The van der Waals surface area contributed by atoms with Crippen LogP contribution in [0, 0.1) is 5.41 Å². The lowest BCUT2D eigenvalue weighted by atomic mass is 9.90. The van der Waals surface area contributed by atoms with Gasteiger partial charge in [-0.25, -0.2) is 4.68 Å². The van der Waals surface area contributed by atoms with Gasteiger partial charge >= 0.3 is 5.97 Å². The average molecular weight is 314 g/mol. The molecule has 1 aliphatic carbocycles. The first kappa shape index (κ1) is 15.2. The number of nitrogens with zero attached hydrogens (tertiary/aromatic N) is 3. The molecule has 0 unspecified atom stereocenters. The molecule has 0 radical (unpaired) electrons. The monoisotopic (exact) mass is 314 g/mol. The molecule has 1 heterocycles. The van der Waals surface area contributed by atoms with Gasteiger partial charge in [0.1, 0.15) is 6.54 Å². The minimum atomic E-state index is -1.04. The Kier molecular flexibility index (Phi) is 3.63. The first-order valence-corrected chi connectivity index (χ1v) is 7.37. The highest BCUT2D eigenvalue weighted by Gasteiger charge is 2.28. The zero-order chi connectivity index (χ0) is 16.6. The van der Waals surface area contributed by atoms with E-state index >= 15 is 0 Å². The Hall–Kier alpha value is -2.70. The molecule has 0 bridgehead atoms. The number of fused-ring (bicyclic) bond motifs is 1. The van der Waals surface area contributed by atoms with Gasteiger partial charge < -0.3 is 10.4 Å². The normalized spacial score (nSPS) is 15.2. The van der Waals surface area contributed by atoms with E-state index in [0.717, 1.165) is 17.5 Å². The molecule has 2 N–H and O–H groups in total. The molecule has 1 aromatic carbocycles. The zero-order valence-electron chi connectivity index (χ0n) is 13.0. The van der Waals surface area contributed by atoms with Crippen molar-refractivity contribution >= 4 is 17.6 Å². The molecule has 23 heavy (non-hydrogen) atoms. The van der Waals surface area contributed by atoms with Crippen LogP contribution in [-0.4, -0.2) is 32.0 Å². The second kappa shape index (κ2) is 5.49. The topological polar surface area (TPSA) is 97.1 Å². The molecule has 7 heteroatoms. The van der Waals surface area contributed by atoms with Gasteiger partial charge in [-0.2, -0.15) is 0 Å². The number of anilines is 1. The van der Waals surface area contributed by atoms with E-state index in [-0.39, 0.29) is 17.7 Å². The Labute approximate surface area is 133 Å². The fraction of sp³-hybridized carbons (Fsp3) is 0.375. The van der Waals surface area contributed by atoms with E-state index in [0.29, 0.717) is 5.69 Å². The molecule has 1 amide bonds. The number of rotatable bonds is 4. The predicted molar refractivity (Wildman–Crippen MR) is 83.2 cm³/mol. The molecule has 3 rings (SSSR count). The number of carbonyl (C=O) groups is 2. The van der Waals surface area contributed by atoms with E-state index in [1.165, 1.54) is 17.3 Å². The first-order valence-electron chi connectivity index (χ1n) is 7.37. The van der Waals surface area contributed by atoms with Crippen molar-refractivity contribution in [3.8, 4) is 0 Å². The second-order valence-electron chi connectivity index (χ2n) is 6.65. The molecule has 0 aliphatic heterocycles. The van der Waals surface area contributed by atoms with Gasteiger partial charge in [-0.05, 0) is 41.5 Å². The fourth-order valence-corrected chi connectivity index (χ4v) is 2.95. The van der Waals surface area contributed by atoms with Gasteiger partial charge in [-0.1, -0.05) is 25.1 Å². The van der Waals surface area contributed by atoms with Crippen LogP contribution in [0.25, 0.3) is 0 Å². The first-order chi connectivity index (χ1) is 10.8. The lowest BCUT2D eigenvalue weighted by molar-refractivity contribution is -0.137. The van der Waals surface area contributed by atoms with E-state index in [4.69, 9.17) is 5.11 Å². The number of hydrogen-bond donors (Lipinski definition) is 2. The average Bonchev–Trinajstić information content (AvgIpc) is 3.00. The van der Waals surface area contributed by atoms with Gasteiger partial charge in [-0.15, -0.1) is 5.10 Å². The van der Waals surface area contributed by atoms with E-state index in [1.54, 1.807) is 0 Å². The maximum atomic E-state index is 12.2. The molecule has 120 valence electrons. The molecule has 0 saturated heterocycles. The Morgan fingerprint density at radius 1 is 1.30 bits per heavy atom. The number of hydrogen-bond acceptors (Lipinski definition) is 4. The summed E-state index contributed by atoms with van der Waals surface area (Å²) >= 11 is 0. The minimum absolute atomic E-state index is 0.0899. The Morgan fingerprint density at radius 3 is 2.78 bits per heavy atom. The molecule has 0 fully saturated rings. The van der Waals surface area contributed by atoms with E-state index in [9.17, 15) is 9.59 Å². The van der Waals surface area contributed by atoms with Gasteiger partial charge in [0.25, 0.3) is 5.91 Å². The quantitative estimate of drug-likeness (QED) is 0.896. The maximum Gasteiger partial charge on any atom is 0.325 e. The Bertz CT molecular complexity index is 779. The molecular weight excluding hydrogens is 296 g/mol. The van der Waals surface area contributed by atoms with E-state index in [2.05, 4.69) is 29.5 Å². The van der Waals surface area contributed by atoms with Crippen LogP contribution in [0.2, 0.25) is 0 Å². The summed E-state index contributed by atoms with van der Waals surface area (Å²) in [6, 6.07) is 5.91. The summed E-state index contributed by atoms with van der Waals surface area (Å²) in [7, 11) is 0. The summed E-state index contributed by atoms with van der Waals surface area (Å²) < 4.78 is 1.11. The molecule has 1 aliphatic rings. The number of benzene rings is 1. The van der Waals surface area contributed by atoms with Gasteiger partial charge in [0.15, 0.2) is 5.69 Å². The summed E-state index contributed by atoms with van der Waals surface area (Å²) in [5.41, 5.74) is 3.62. The summed E-state index contributed by atoms with van der Waals surface area (Å²) in [4.78, 5) is 22.8. The van der Waals surface area contributed by atoms with Crippen molar-refractivity contribution in [1.82, 2.24) is 15.0 Å². The highest BCUT2D eigenvalue weighted by Crippen LogP contribution is 2.37. The van der Waals surface area contributed by atoms with Gasteiger partial charge in [0, 0.05) is 5.69 Å². The van der Waals surface area contributed by atoms with Crippen LogP contribution in [0.5, 0.6) is 0 Å². The molecule has 7 nitrogen and oxygen atoms in total. The number of amides is 1. The highest BCUT2D eigenvalue weighted by atomic mass is 16.4. The number of nitrogens with one attached hydrogen (secondary N) is 1. The molecule has 1 aromatic heterocycles. The number of aromatic nitrogens is 3. The maximum absolute atomic E-state index is 12.2. The summed E-state index contributed by atoms with van der Waals surface area (Å²) in [6.45, 7) is 4.13. The van der Waals surface area contributed by atoms with Crippen molar-refractivity contribution < 1.29 is 14.7 Å². The minimum Gasteiger partial charge on any atom is -0.480 e. The van der Waals surface area contributed by atoms with Gasteiger partial charge in [0.2, 0.25) is 0 Å². The Morgan fingerprint density at radius 2 is 2.04 bits per heavy atom. The molecule has 2 aromatic rings. The largest absolute Gasteiger partial charge is 0.480 e. The van der Waals surface area contributed by atoms with Crippen molar-refractivity contribution in [2.45, 2.75) is 33.2 Å². The Balaban J connectivity index is 1.71. The van der Waals surface area contributed by atoms with Crippen molar-refractivity contribution in [3.05, 3.63) is 41.2 Å². The third-order valence-electron chi connectivity index (χ3n) is 3.87. The number of carboxylic acid groups (broad SMARTS) is 1. The lowest BCUT2D eigenvalue weighted by Crippen LogP contribution is -2.13. The standard InChI is InChI=1S/C16H18N4O3/c1-16(2)6-10-3-4-12(5-11(10)7-16)17-15(23)13-8-20(19-18-13)9-14(21)22/h3-5,8H,6-7,9H2,1-2H3,(H,17,23)(H,21,22). The van der Waals surface area contributed by atoms with Crippen LogP contribution in [0.1, 0.15) is 35.5 Å². The van der Waals surface area contributed by atoms with Crippen molar-refractivity contribution in [3.63, 3.8) is 0 Å². The van der Waals surface area contributed by atoms with Crippen molar-refractivity contribution in [1.29, 1.82) is 0 Å². The fourth-order valence-electron chi connectivity index (χ4n) is 2.95. The smallest absolute Gasteiger partial charge is 0.325 e. The van der Waals surface area contributed by atoms with Crippen LogP contribution < -0.4 is 5.32 Å². The van der Waals surface area contributed by atoms with Crippen LogP contribution >= 0.6 is 0 Å². The summed E-state index contributed by atoms with van der Waals surface area (Å²) in [5.74, 6) is -1.44. The van der Waals surface area contributed by atoms with E-state index in [1.807, 2.05) is 18.2 Å². The SMILES string of the molecule is CC1(C)Cc2ccc(NC(=O)c3cn(CC(=O)O)nn3)cc2C1. The number of carbonyl (C=O) groups excluding carboxylic acids is 1. The van der Waals surface area contributed by atoms with Crippen molar-refractivity contribution in [2.24, 2.45) is 5.41 Å². The highest BCUT2D eigenvalue weighted by molar-refractivity contribution is 6.02. The van der Waals surface area contributed by atoms with Crippen molar-refractivity contribution in [2.75, 3.05) is 5.32 Å². The zero-order valence-corrected chi connectivity index (χ0v) is 13.0. The van der Waals surface area contributed by atoms with Crippen LogP contribution in [0.4, 0.5) is 5.69 Å². The third-order valence-corrected chi connectivity index (χ3v) is 3.87.